The van der Waals surface area contributed by atoms with Gasteiger partial charge in [0.15, 0.2) is 0 Å². The lowest BCUT2D eigenvalue weighted by atomic mass is 9.62. The second-order valence-electron chi connectivity index (χ2n) is 12.2. The van der Waals surface area contributed by atoms with Crippen LogP contribution in [0.25, 0.3) is 0 Å². The number of carbonyl (C=O) groups excluding carboxylic acids is 2. The molecule has 4 rings (SSSR count). The highest BCUT2D eigenvalue weighted by atomic mass is 35.5. The summed E-state index contributed by atoms with van der Waals surface area (Å²) in [5, 5.41) is 19.5. The zero-order valence-corrected chi connectivity index (χ0v) is 23.0. The molecule has 2 amide bonds. The monoisotopic (exact) mass is 547 g/mol. The zero-order valence-electron chi connectivity index (χ0n) is 22.2. The first kappa shape index (κ1) is 28.5. The average Bonchev–Trinajstić information content (AvgIpc) is 3.26. The molecule has 1 aromatic carbocycles. The molecule has 2 heterocycles. The van der Waals surface area contributed by atoms with E-state index in [1.807, 2.05) is 0 Å². The maximum absolute atomic E-state index is 14.2. The second kappa shape index (κ2) is 10.2. The molecule has 3 aliphatic rings. The molecule has 2 fully saturated rings. The molecule has 1 saturated heterocycles. The van der Waals surface area contributed by atoms with E-state index in [-0.39, 0.29) is 28.3 Å². The quantitative estimate of drug-likeness (QED) is 0.374. The van der Waals surface area contributed by atoms with Gasteiger partial charge >= 0.3 is 0 Å². The summed E-state index contributed by atoms with van der Waals surface area (Å²) in [5.74, 6) is -1.86. The van der Waals surface area contributed by atoms with Crippen molar-refractivity contribution >= 4 is 29.1 Å². The Morgan fingerprint density at radius 2 is 2.03 bits per heavy atom. The first-order valence-electron chi connectivity index (χ1n) is 12.9. The molecule has 4 N–H and O–H groups in total. The molecule has 0 bridgehead atoms. The Kier molecular flexibility index (Phi) is 7.64. The average molecular weight is 548 g/mol. The van der Waals surface area contributed by atoms with E-state index in [2.05, 4.69) is 43.3 Å². The third-order valence-corrected chi connectivity index (χ3v) is 7.96. The summed E-state index contributed by atoms with van der Waals surface area (Å²) in [4.78, 5) is 27.7. The van der Waals surface area contributed by atoms with Crippen LogP contribution in [0.1, 0.15) is 52.5 Å². The van der Waals surface area contributed by atoms with Crippen molar-refractivity contribution in [2.75, 3.05) is 12.0 Å². The van der Waals surface area contributed by atoms with Gasteiger partial charge in [0, 0.05) is 28.7 Å². The number of alkyl halides is 1. The maximum atomic E-state index is 14.2. The third kappa shape index (κ3) is 5.31. The Balaban J connectivity index is 1.82. The minimum atomic E-state index is -1.25. The molecule has 1 aliphatic carbocycles. The first-order valence-corrected chi connectivity index (χ1v) is 13.2. The molecule has 4 atom stereocenters. The highest BCUT2D eigenvalue weighted by molar-refractivity contribution is 6.29. The number of halogens is 3. The van der Waals surface area contributed by atoms with Crippen LogP contribution in [0.3, 0.4) is 0 Å². The van der Waals surface area contributed by atoms with Crippen LogP contribution in [0, 0.1) is 17.2 Å². The van der Waals surface area contributed by atoms with E-state index in [9.17, 15) is 23.5 Å². The standard InChI is InChI=1S/C29H36ClF2N3O3/c1-16(7-6-8-17(30)15-31)23-24(25(36)33-19-12-28(5,38)13-19)35-22(14-27(2,3)4)29(23)20-10-9-18(32)11-21(20)34-26(29)37/h6-11,19,22-24,35,38H,1,12-15H2,2-5H3,(H,33,36)(H,34,37)/b7-6-,17-8+/t19?,22-,23-,24+,28?,29+/m0/s1. The zero-order chi connectivity index (χ0) is 28.0. The topological polar surface area (TPSA) is 90.5 Å². The molecular formula is C29H36ClF2N3O3. The molecular weight excluding hydrogens is 512 g/mol. The van der Waals surface area contributed by atoms with E-state index in [1.165, 1.54) is 18.2 Å². The van der Waals surface area contributed by atoms with Gasteiger partial charge in [-0.3, -0.25) is 9.59 Å². The number of amides is 2. The largest absolute Gasteiger partial charge is 0.390 e. The molecule has 2 aliphatic heterocycles. The van der Waals surface area contributed by atoms with E-state index in [1.54, 1.807) is 25.1 Å². The Hall–Kier alpha value is -2.55. The number of hydrogen-bond acceptors (Lipinski definition) is 4. The number of allylic oxidation sites excluding steroid dienone is 4. The fourth-order valence-corrected chi connectivity index (χ4v) is 6.37. The van der Waals surface area contributed by atoms with Crippen molar-refractivity contribution in [2.24, 2.45) is 11.3 Å². The van der Waals surface area contributed by atoms with Crippen LogP contribution in [0.15, 0.2) is 53.6 Å². The lowest BCUT2D eigenvalue weighted by molar-refractivity contribution is -0.127. The summed E-state index contributed by atoms with van der Waals surface area (Å²) < 4.78 is 27.1. The van der Waals surface area contributed by atoms with Crippen molar-refractivity contribution in [3.63, 3.8) is 0 Å². The number of anilines is 1. The van der Waals surface area contributed by atoms with Crippen LogP contribution in [-0.2, 0) is 15.0 Å². The smallest absolute Gasteiger partial charge is 0.238 e. The summed E-state index contributed by atoms with van der Waals surface area (Å²) in [6, 6.07) is 2.71. The number of rotatable bonds is 7. The fourth-order valence-electron chi connectivity index (χ4n) is 6.29. The van der Waals surface area contributed by atoms with Crippen LogP contribution in [0.2, 0.25) is 0 Å². The highest BCUT2D eigenvalue weighted by Crippen LogP contribution is 2.54. The Morgan fingerprint density at radius 3 is 2.63 bits per heavy atom. The molecule has 206 valence electrons. The summed E-state index contributed by atoms with van der Waals surface area (Å²) >= 11 is 5.82. The minimum Gasteiger partial charge on any atom is -0.390 e. The summed E-state index contributed by atoms with van der Waals surface area (Å²) in [6.45, 7) is 11.3. The van der Waals surface area contributed by atoms with Crippen molar-refractivity contribution in [3.05, 3.63) is 65.0 Å². The molecule has 0 unspecified atom stereocenters. The number of benzene rings is 1. The van der Waals surface area contributed by atoms with Gasteiger partial charge in [-0.2, -0.15) is 0 Å². The number of aliphatic hydroxyl groups is 1. The molecule has 0 aromatic heterocycles. The predicted octanol–water partition coefficient (Wildman–Crippen LogP) is 4.64. The second-order valence-corrected chi connectivity index (χ2v) is 12.7. The highest BCUT2D eigenvalue weighted by Gasteiger charge is 2.65. The van der Waals surface area contributed by atoms with Gasteiger partial charge in [-0.25, -0.2) is 8.78 Å². The molecule has 6 nitrogen and oxygen atoms in total. The van der Waals surface area contributed by atoms with Crippen molar-refractivity contribution < 1.29 is 23.5 Å². The van der Waals surface area contributed by atoms with Gasteiger partial charge in [0.1, 0.15) is 17.9 Å². The SMILES string of the molecule is C=C(/C=C\C=C(\Cl)CF)[C@H]1[C@H](C(=O)NC2CC(C)(O)C2)N[C@@H](CC(C)(C)C)[C@@]12C(=O)Nc1cc(F)ccc12. The van der Waals surface area contributed by atoms with Gasteiger partial charge in [0.25, 0.3) is 0 Å². The summed E-state index contributed by atoms with van der Waals surface area (Å²) in [5.41, 5.74) is -0.845. The Labute approximate surface area is 227 Å². The van der Waals surface area contributed by atoms with Crippen molar-refractivity contribution in [1.29, 1.82) is 0 Å². The van der Waals surface area contributed by atoms with E-state index in [0.29, 0.717) is 36.1 Å². The van der Waals surface area contributed by atoms with Crippen molar-refractivity contribution in [3.8, 4) is 0 Å². The summed E-state index contributed by atoms with van der Waals surface area (Å²) in [7, 11) is 0. The molecule has 0 radical (unpaired) electrons. The summed E-state index contributed by atoms with van der Waals surface area (Å²) in [6.07, 6.45) is 5.99. The third-order valence-electron chi connectivity index (χ3n) is 7.74. The Morgan fingerprint density at radius 1 is 1.34 bits per heavy atom. The molecule has 38 heavy (non-hydrogen) atoms. The van der Waals surface area contributed by atoms with Gasteiger partial charge in [-0.05, 0) is 60.9 Å². The molecule has 1 aromatic rings. The maximum Gasteiger partial charge on any atom is 0.238 e. The van der Waals surface area contributed by atoms with Gasteiger partial charge < -0.3 is 21.1 Å². The first-order chi connectivity index (χ1) is 17.7. The van der Waals surface area contributed by atoms with Crippen molar-refractivity contribution in [2.45, 2.75) is 76.1 Å². The van der Waals surface area contributed by atoms with Gasteiger partial charge in [-0.15, -0.1) is 0 Å². The van der Waals surface area contributed by atoms with E-state index < -0.39 is 41.5 Å². The minimum absolute atomic E-state index is 0.00433. The number of fused-ring (bicyclic) bond motifs is 2. The van der Waals surface area contributed by atoms with Crippen LogP contribution in [-0.4, -0.2) is 47.3 Å². The normalized spacial score (nSPS) is 32.8. The van der Waals surface area contributed by atoms with E-state index in [0.717, 1.165) is 0 Å². The molecule has 9 heteroatoms. The van der Waals surface area contributed by atoms with E-state index in [4.69, 9.17) is 11.6 Å². The fraction of sp³-hybridized carbons (Fsp3) is 0.517. The lowest BCUT2D eigenvalue weighted by Crippen LogP contribution is -2.57. The number of nitrogens with one attached hydrogen (secondary N) is 3. The van der Waals surface area contributed by atoms with Crippen LogP contribution >= 0.6 is 11.6 Å². The number of hydrogen-bond donors (Lipinski definition) is 4. The molecule has 1 saturated carbocycles. The van der Waals surface area contributed by atoms with Crippen LogP contribution in [0.5, 0.6) is 0 Å². The predicted molar refractivity (Wildman–Crippen MR) is 145 cm³/mol. The van der Waals surface area contributed by atoms with Gasteiger partial charge in [0.2, 0.25) is 11.8 Å². The van der Waals surface area contributed by atoms with Crippen LogP contribution < -0.4 is 16.0 Å². The van der Waals surface area contributed by atoms with Gasteiger partial charge in [0.05, 0.1) is 11.6 Å². The van der Waals surface area contributed by atoms with Crippen molar-refractivity contribution in [1.82, 2.24) is 10.6 Å². The number of carbonyl (C=O) groups is 2. The molecule has 1 spiro atoms. The van der Waals surface area contributed by atoms with Gasteiger partial charge in [-0.1, -0.05) is 57.2 Å². The van der Waals surface area contributed by atoms with Crippen LogP contribution in [0.4, 0.5) is 14.5 Å². The van der Waals surface area contributed by atoms with E-state index >= 15 is 0 Å². The Bertz CT molecular complexity index is 1200. The lowest BCUT2D eigenvalue weighted by Gasteiger charge is -2.42.